The van der Waals surface area contributed by atoms with Crippen LogP contribution in [0.1, 0.15) is 34.8 Å². The van der Waals surface area contributed by atoms with Crippen molar-refractivity contribution in [3.8, 4) is 34.1 Å². The van der Waals surface area contributed by atoms with E-state index in [1.807, 2.05) is 60.7 Å². The van der Waals surface area contributed by atoms with Crippen LogP contribution in [0.25, 0.3) is 68.6 Å². The average Bonchev–Trinajstić information content (AvgIpc) is 3.85. The minimum atomic E-state index is -0.00554. The summed E-state index contributed by atoms with van der Waals surface area (Å²) in [4.78, 5) is 17.5. The van der Waals surface area contributed by atoms with Crippen LogP contribution in [0.4, 0.5) is 0 Å². The second-order valence-electron chi connectivity index (χ2n) is 9.95. The number of hydrogen-bond donors (Lipinski definition) is 3. The fourth-order valence-electron chi connectivity index (χ4n) is 5.32. The lowest BCUT2D eigenvalue weighted by molar-refractivity contribution is 0.305. The predicted molar refractivity (Wildman–Crippen MR) is 176 cm³/mol. The number of benzene rings is 2. The number of hydrogen-bond acceptors (Lipinski definition) is 3. The third-order valence-electron chi connectivity index (χ3n) is 7.26. The van der Waals surface area contributed by atoms with E-state index in [4.69, 9.17) is 9.97 Å². The Morgan fingerprint density at radius 3 is 1.52 bits per heavy atom. The minimum absolute atomic E-state index is 0.00554. The first kappa shape index (κ1) is 26.0. The summed E-state index contributed by atoms with van der Waals surface area (Å²) >= 11 is 3.86. The maximum Gasteiger partial charge on any atom is 0.0816 e. The van der Waals surface area contributed by atoms with Crippen LogP contribution in [-0.2, 0) is 0 Å². The van der Waals surface area contributed by atoms with Gasteiger partial charge in [-0.3, -0.25) is 0 Å². The van der Waals surface area contributed by atoms with E-state index in [-0.39, 0.29) is 6.61 Å². The highest BCUT2D eigenvalue weighted by molar-refractivity contribution is 9.10. The molecule has 5 aromatic rings. The number of halogens is 1. The summed E-state index contributed by atoms with van der Waals surface area (Å²) in [6.45, 7) is -0.00554. The van der Waals surface area contributed by atoms with E-state index in [0.29, 0.717) is 6.42 Å². The van der Waals surface area contributed by atoms with Gasteiger partial charge in [0.05, 0.1) is 50.5 Å². The molecule has 8 bridgehead atoms. The molecule has 0 unspecified atom stereocenters. The Hall–Kier alpha value is -4.96. The van der Waals surface area contributed by atoms with Gasteiger partial charge in [0, 0.05) is 28.6 Å². The van der Waals surface area contributed by atoms with Crippen LogP contribution >= 0.6 is 15.9 Å². The van der Waals surface area contributed by atoms with E-state index < -0.39 is 0 Å². The van der Waals surface area contributed by atoms with Crippen molar-refractivity contribution in [1.82, 2.24) is 19.9 Å². The van der Waals surface area contributed by atoms with Crippen molar-refractivity contribution in [2.75, 3.05) is 6.61 Å². The molecule has 5 nitrogen and oxygen atoms in total. The number of aromatic amines is 2. The van der Waals surface area contributed by atoms with E-state index in [1.54, 1.807) is 0 Å². The highest BCUT2D eigenvalue weighted by Crippen LogP contribution is 2.34. The molecule has 2 aliphatic heterocycles. The number of fused-ring (bicyclic) bond motifs is 8. The van der Waals surface area contributed by atoms with Crippen LogP contribution in [0.5, 0.6) is 0 Å². The third kappa shape index (κ3) is 4.79. The van der Waals surface area contributed by atoms with Gasteiger partial charge in [0.1, 0.15) is 0 Å². The third-order valence-corrected chi connectivity index (χ3v) is 8.12. The van der Waals surface area contributed by atoms with Gasteiger partial charge in [-0.2, -0.15) is 0 Å². The second kappa shape index (κ2) is 11.1. The molecule has 0 fully saturated rings. The Balaban J connectivity index is 1.65. The molecule has 3 N–H and O–H groups in total. The van der Waals surface area contributed by atoms with Crippen LogP contribution in [0, 0.1) is 11.8 Å². The summed E-state index contributed by atoms with van der Waals surface area (Å²) in [6, 6.07) is 28.9. The molecule has 3 aromatic heterocycles. The summed E-state index contributed by atoms with van der Waals surface area (Å²) in [7, 11) is 0. The zero-order valence-corrected chi connectivity index (χ0v) is 24.1. The zero-order chi connectivity index (χ0) is 28.5. The average molecular weight is 610 g/mol. The summed E-state index contributed by atoms with van der Waals surface area (Å²) < 4.78 is 0.925. The van der Waals surface area contributed by atoms with Gasteiger partial charge in [-0.15, -0.1) is 0 Å². The summed E-state index contributed by atoms with van der Waals surface area (Å²) in [5.74, 6) is 6.37. The van der Waals surface area contributed by atoms with Gasteiger partial charge < -0.3 is 15.1 Å². The highest BCUT2D eigenvalue weighted by Gasteiger charge is 2.17. The van der Waals surface area contributed by atoms with Crippen LogP contribution in [-0.4, -0.2) is 31.6 Å². The van der Waals surface area contributed by atoms with Gasteiger partial charge in [-0.05, 0) is 75.6 Å². The lowest BCUT2D eigenvalue weighted by atomic mass is 10.0. The number of nitrogens with zero attached hydrogens (tertiary/aromatic N) is 2. The first-order chi connectivity index (χ1) is 20.7. The molecule has 0 spiro atoms. The van der Waals surface area contributed by atoms with Crippen molar-refractivity contribution in [3.63, 3.8) is 0 Å². The topological polar surface area (TPSA) is 77.6 Å². The molecule has 0 saturated carbocycles. The van der Waals surface area contributed by atoms with Gasteiger partial charge >= 0.3 is 0 Å². The molecule has 2 aliphatic rings. The highest BCUT2D eigenvalue weighted by atomic mass is 79.9. The van der Waals surface area contributed by atoms with E-state index >= 15 is 0 Å². The molecular formula is C36H25BrN4O. The van der Waals surface area contributed by atoms with E-state index in [0.717, 1.165) is 77.1 Å². The minimum Gasteiger partial charge on any atom is -0.395 e. The van der Waals surface area contributed by atoms with E-state index in [9.17, 15) is 5.11 Å². The maximum atomic E-state index is 9.42. The van der Waals surface area contributed by atoms with Crippen LogP contribution in [0.3, 0.4) is 0 Å². The van der Waals surface area contributed by atoms with Crippen molar-refractivity contribution in [1.29, 1.82) is 0 Å². The van der Waals surface area contributed by atoms with Crippen molar-refractivity contribution in [3.05, 3.63) is 118 Å². The summed E-state index contributed by atoms with van der Waals surface area (Å²) in [5, 5.41) is 9.42. The standard InChI is InChI=1S/C36H25BrN4O/c37-36-32-20-18-30(40-32)34(23-9-3-1-4-10-23)28-16-14-26(38-28)25(13-7-8-22-42)27-15-17-29(39-27)35(24-11-5-2-6-12-24)31-19-21-33(36)41-31/h1-6,9-12,14-21,40-42H,8,22H2. The number of aliphatic hydroxyl groups excluding tert-OH is 1. The lowest BCUT2D eigenvalue weighted by Crippen LogP contribution is -1.91. The Labute approximate surface area is 251 Å². The van der Waals surface area contributed by atoms with Gasteiger partial charge in [0.15, 0.2) is 0 Å². The molecule has 42 heavy (non-hydrogen) atoms. The van der Waals surface area contributed by atoms with Crippen molar-refractivity contribution in [2.45, 2.75) is 6.42 Å². The normalized spacial score (nSPS) is 11.9. The molecular weight excluding hydrogens is 584 g/mol. The largest absolute Gasteiger partial charge is 0.395 e. The fraction of sp³-hybridized carbons (Fsp3) is 0.0556. The maximum absolute atomic E-state index is 9.42. The molecule has 0 radical (unpaired) electrons. The van der Waals surface area contributed by atoms with Crippen LogP contribution in [0.15, 0.2) is 89.4 Å². The second-order valence-corrected chi connectivity index (χ2v) is 10.7. The van der Waals surface area contributed by atoms with Crippen molar-refractivity contribution in [2.24, 2.45) is 0 Å². The number of aromatic nitrogens is 4. The quantitative estimate of drug-likeness (QED) is 0.176. The van der Waals surface area contributed by atoms with Gasteiger partial charge in [-0.1, -0.05) is 72.5 Å². The Bertz CT molecular complexity index is 1970. The van der Waals surface area contributed by atoms with Crippen molar-refractivity contribution >= 4 is 62.3 Å². The SMILES string of the molecule is OCCC#Cc1c2nc(c(-c3ccccc3)c3ccc([nH]3)c(Br)c3ccc([nH]3)c(-c3ccccc3)c3nc1C=C3)C=C2. The fourth-order valence-corrected chi connectivity index (χ4v) is 5.79. The molecule has 202 valence electrons. The van der Waals surface area contributed by atoms with Crippen molar-refractivity contribution < 1.29 is 5.11 Å². The monoisotopic (exact) mass is 608 g/mol. The molecule has 6 heteroatoms. The number of aliphatic hydroxyl groups is 1. The number of H-pyrrole nitrogens is 2. The summed E-state index contributed by atoms with van der Waals surface area (Å²) in [5.41, 5.74) is 11.8. The van der Waals surface area contributed by atoms with Crippen LogP contribution in [0.2, 0.25) is 0 Å². The van der Waals surface area contributed by atoms with Gasteiger partial charge in [-0.25, -0.2) is 9.97 Å². The molecule has 0 amide bonds. The lowest BCUT2D eigenvalue weighted by Gasteiger charge is -2.04. The number of nitrogens with one attached hydrogen (secondary N) is 2. The Morgan fingerprint density at radius 1 is 0.595 bits per heavy atom. The molecule has 0 saturated heterocycles. The summed E-state index contributed by atoms with van der Waals surface area (Å²) in [6.07, 6.45) is 8.43. The molecule has 0 aliphatic carbocycles. The number of rotatable bonds is 3. The van der Waals surface area contributed by atoms with E-state index in [1.165, 1.54) is 0 Å². The van der Waals surface area contributed by atoms with E-state index in [2.05, 4.69) is 86.3 Å². The molecule has 2 aromatic carbocycles. The predicted octanol–water partition coefficient (Wildman–Crippen LogP) is 8.49. The first-order valence-electron chi connectivity index (χ1n) is 13.7. The Kier molecular flexibility index (Phi) is 6.89. The molecule has 0 atom stereocenters. The first-order valence-corrected chi connectivity index (χ1v) is 14.5. The molecule has 5 heterocycles. The van der Waals surface area contributed by atoms with Gasteiger partial charge in [0.2, 0.25) is 0 Å². The zero-order valence-electron chi connectivity index (χ0n) is 22.5. The van der Waals surface area contributed by atoms with Crippen LogP contribution < -0.4 is 0 Å². The van der Waals surface area contributed by atoms with Gasteiger partial charge in [0.25, 0.3) is 0 Å². The smallest absolute Gasteiger partial charge is 0.0816 e. The Morgan fingerprint density at radius 2 is 1.05 bits per heavy atom. The molecule has 7 rings (SSSR count).